The van der Waals surface area contributed by atoms with Crippen molar-refractivity contribution in [1.29, 1.82) is 0 Å². The molecule has 1 rings (SSSR count). The molecular formula is C9H16. The average molecular weight is 124 g/mol. The third-order valence-electron chi connectivity index (χ3n) is 2.29. The Hall–Kier alpha value is -0.440. The monoisotopic (exact) mass is 124 g/mol. The van der Waals surface area contributed by atoms with Crippen LogP contribution in [0.2, 0.25) is 0 Å². The molecule has 2 atom stereocenters. The summed E-state index contributed by atoms with van der Waals surface area (Å²) in [4.78, 5) is 0. The zero-order chi connectivity index (χ0) is 7.28. The summed E-state index contributed by atoms with van der Waals surface area (Å²) in [7, 11) is 0. The van der Waals surface area contributed by atoms with Gasteiger partial charge in [-0.05, 0) is 11.8 Å². The molecule has 0 aliphatic heterocycles. The molecule has 0 radical (unpaired) electrons. The van der Waals surface area contributed by atoms with E-state index < -0.39 is 0 Å². The lowest BCUT2D eigenvalue weighted by Crippen LogP contribution is -1.95. The van der Waals surface area contributed by atoms with Crippen molar-refractivity contribution in [2.45, 2.75) is 33.1 Å². The van der Waals surface area contributed by atoms with Crippen LogP contribution in [0.4, 0.5) is 0 Å². The van der Waals surface area contributed by atoms with Gasteiger partial charge < -0.3 is 0 Å². The maximum Gasteiger partial charge on any atom is -0.0417 e. The highest BCUT2D eigenvalue weighted by molar-refractivity contribution is 4.69. The molecule has 0 heteroatoms. The van der Waals surface area contributed by atoms with E-state index in [9.17, 15) is 0 Å². The maximum absolute atomic E-state index is 4.00. The third-order valence-corrected chi connectivity index (χ3v) is 2.29. The molecule has 2 unspecified atom stereocenters. The maximum atomic E-state index is 4.00. The summed E-state index contributed by atoms with van der Waals surface area (Å²) in [6, 6.07) is 0. The fourth-order valence-corrected chi connectivity index (χ4v) is 1.33. The highest BCUT2D eigenvalue weighted by atomic mass is 14.2. The summed E-state index contributed by atoms with van der Waals surface area (Å²) in [5.41, 5.74) is 0. The Balaban J connectivity index is 0.000000291. The molecule has 0 bridgehead atoms. The van der Waals surface area contributed by atoms with Crippen molar-refractivity contribution in [1.82, 2.24) is 0 Å². The SMILES string of the molecule is C#C.CC1CCCC1C. The van der Waals surface area contributed by atoms with Gasteiger partial charge in [0.1, 0.15) is 0 Å². The lowest BCUT2D eigenvalue weighted by Gasteiger charge is -2.05. The van der Waals surface area contributed by atoms with Crippen LogP contribution in [0.1, 0.15) is 33.1 Å². The number of terminal acetylenes is 1. The van der Waals surface area contributed by atoms with E-state index in [0.29, 0.717) is 0 Å². The first-order valence-corrected chi connectivity index (χ1v) is 3.64. The minimum absolute atomic E-state index is 1.01. The number of rotatable bonds is 0. The van der Waals surface area contributed by atoms with Gasteiger partial charge in [-0.25, -0.2) is 0 Å². The second kappa shape index (κ2) is 4.44. The molecule has 0 heterocycles. The van der Waals surface area contributed by atoms with Gasteiger partial charge in [0, 0.05) is 0 Å². The van der Waals surface area contributed by atoms with Gasteiger partial charge in [0.2, 0.25) is 0 Å². The van der Waals surface area contributed by atoms with E-state index in [1.165, 1.54) is 19.3 Å². The zero-order valence-corrected chi connectivity index (χ0v) is 6.43. The fourth-order valence-electron chi connectivity index (χ4n) is 1.33. The minimum atomic E-state index is 1.01. The van der Waals surface area contributed by atoms with Crippen molar-refractivity contribution in [2.24, 2.45) is 11.8 Å². The van der Waals surface area contributed by atoms with Crippen molar-refractivity contribution in [2.75, 3.05) is 0 Å². The largest absolute Gasteiger partial charge is 0.124 e. The smallest absolute Gasteiger partial charge is 0.0417 e. The van der Waals surface area contributed by atoms with E-state index >= 15 is 0 Å². The summed E-state index contributed by atoms with van der Waals surface area (Å²) in [5.74, 6) is 2.03. The summed E-state index contributed by atoms with van der Waals surface area (Å²) >= 11 is 0. The van der Waals surface area contributed by atoms with Crippen LogP contribution in [-0.2, 0) is 0 Å². The van der Waals surface area contributed by atoms with Crippen LogP contribution in [-0.4, -0.2) is 0 Å². The van der Waals surface area contributed by atoms with Gasteiger partial charge in [0.25, 0.3) is 0 Å². The lowest BCUT2D eigenvalue weighted by atomic mass is 10.0. The second-order valence-corrected chi connectivity index (χ2v) is 2.89. The summed E-state index contributed by atoms with van der Waals surface area (Å²) in [6.45, 7) is 4.72. The Morgan fingerprint density at radius 1 is 1.00 bits per heavy atom. The molecule has 0 saturated heterocycles. The standard InChI is InChI=1S/C7H14.C2H2/c1-6-4-3-5-7(6)2;1-2/h6-7H,3-5H2,1-2H3;1-2H. The first-order valence-electron chi connectivity index (χ1n) is 3.64. The molecular weight excluding hydrogens is 108 g/mol. The first-order chi connectivity index (χ1) is 4.30. The molecule has 0 aromatic carbocycles. The molecule has 9 heavy (non-hydrogen) atoms. The van der Waals surface area contributed by atoms with Gasteiger partial charge >= 0.3 is 0 Å². The van der Waals surface area contributed by atoms with Crippen molar-refractivity contribution in [3.8, 4) is 12.8 Å². The van der Waals surface area contributed by atoms with Gasteiger partial charge in [-0.15, -0.1) is 12.8 Å². The molecule has 1 fully saturated rings. The Kier molecular flexibility index (Phi) is 4.22. The quantitative estimate of drug-likeness (QED) is 0.435. The molecule has 0 N–H and O–H groups in total. The average Bonchev–Trinajstić information content (AvgIpc) is 2.23. The topological polar surface area (TPSA) is 0 Å². The molecule has 0 aromatic rings. The molecule has 0 aromatic heterocycles. The predicted octanol–water partition coefficient (Wildman–Crippen LogP) is 2.69. The molecule has 1 aliphatic rings. The van der Waals surface area contributed by atoms with E-state index in [-0.39, 0.29) is 0 Å². The molecule has 1 saturated carbocycles. The Morgan fingerprint density at radius 2 is 1.33 bits per heavy atom. The summed E-state index contributed by atoms with van der Waals surface area (Å²) < 4.78 is 0. The van der Waals surface area contributed by atoms with E-state index in [2.05, 4.69) is 26.7 Å². The molecule has 0 spiro atoms. The van der Waals surface area contributed by atoms with Crippen LogP contribution >= 0.6 is 0 Å². The second-order valence-electron chi connectivity index (χ2n) is 2.89. The fraction of sp³-hybridized carbons (Fsp3) is 0.778. The molecule has 1 aliphatic carbocycles. The highest BCUT2D eigenvalue weighted by Crippen LogP contribution is 2.29. The Morgan fingerprint density at radius 3 is 1.44 bits per heavy atom. The van der Waals surface area contributed by atoms with E-state index in [4.69, 9.17) is 0 Å². The van der Waals surface area contributed by atoms with Gasteiger partial charge in [-0.1, -0.05) is 33.1 Å². The van der Waals surface area contributed by atoms with Gasteiger partial charge in [-0.2, -0.15) is 0 Å². The Bertz CT molecular complexity index is 73.3. The van der Waals surface area contributed by atoms with Crippen LogP contribution in [0, 0.1) is 24.7 Å². The number of hydrogen-bond acceptors (Lipinski definition) is 0. The van der Waals surface area contributed by atoms with Crippen LogP contribution in [0.5, 0.6) is 0 Å². The molecule has 0 nitrogen and oxygen atoms in total. The predicted molar refractivity (Wildman–Crippen MR) is 42.1 cm³/mol. The lowest BCUT2D eigenvalue weighted by molar-refractivity contribution is 0.457. The molecule has 0 amide bonds. The summed E-state index contributed by atoms with van der Waals surface area (Å²) in [6.07, 6.45) is 12.4. The van der Waals surface area contributed by atoms with E-state index in [0.717, 1.165) is 11.8 Å². The number of hydrogen-bond donors (Lipinski definition) is 0. The van der Waals surface area contributed by atoms with Gasteiger partial charge in [0.15, 0.2) is 0 Å². The summed E-state index contributed by atoms with van der Waals surface area (Å²) in [5, 5.41) is 0. The van der Waals surface area contributed by atoms with Crippen LogP contribution in [0.15, 0.2) is 0 Å². The minimum Gasteiger partial charge on any atom is -0.124 e. The third kappa shape index (κ3) is 2.56. The van der Waals surface area contributed by atoms with Gasteiger partial charge in [-0.3, -0.25) is 0 Å². The normalized spacial score (nSPS) is 32.9. The van der Waals surface area contributed by atoms with Crippen LogP contribution < -0.4 is 0 Å². The van der Waals surface area contributed by atoms with Crippen molar-refractivity contribution in [3.05, 3.63) is 0 Å². The molecule has 52 valence electrons. The van der Waals surface area contributed by atoms with Crippen LogP contribution in [0.3, 0.4) is 0 Å². The highest BCUT2D eigenvalue weighted by Gasteiger charge is 2.17. The Labute approximate surface area is 58.7 Å². The van der Waals surface area contributed by atoms with Crippen molar-refractivity contribution in [3.63, 3.8) is 0 Å². The first kappa shape index (κ1) is 8.56. The van der Waals surface area contributed by atoms with Gasteiger partial charge in [0.05, 0.1) is 0 Å². The van der Waals surface area contributed by atoms with Crippen molar-refractivity contribution >= 4 is 0 Å². The zero-order valence-electron chi connectivity index (χ0n) is 6.43. The van der Waals surface area contributed by atoms with Crippen molar-refractivity contribution < 1.29 is 0 Å². The van der Waals surface area contributed by atoms with Crippen LogP contribution in [0.25, 0.3) is 0 Å². The van der Waals surface area contributed by atoms with E-state index in [1.807, 2.05) is 0 Å². The van der Waals surface area contributed by atoms with E-state index in [1.54, 1.807) is 0 Å².